The number of imidazole rings is 1. The second-order valence-electron chi connectivity index (χ2n) is 5.39. The Kier molecular flexibility index (Phi) is 3.77. The summed E-state index contributed by atoms with van der Waals surface area (Å²) in [7, 11) is 0. The topological polar surface area (TPSA) is 91.2 Å². The van der Waals surface area contributed by atoms with Gasteiger partial charge in [-0.05, 0) is 42.5 Å². The molecule has 0 aliphatic carbocycles. The van der Waals surface area contributed by atoms with Crippen molar-refractivity contribution in [1.29, 1.82) is 0 Å². The van der Waals surface area contributed by atoms with E-state index in [1.54, 1.807) is 18.2 Å². The Morgan fingerprint density at radius 1 is 1.12 bits per heavy atom. The van der Waals surface area contributed by atoms with E-state index in [0.717, 1.165) is 4.47 Å². The van der Waals surface area contributed by atoms with Crippen molar-refractivity contribution in [3.8, 4) is 17.5 Å². The standard InChI is InChI=1S/C18H12BrN3O3/c19-10-4-6-11(7-5-10)20-18(24)12-2-1-3-13-16(12)22-17(21-13)14-8-9-15(23)25-14/h1-9,23H,(H,20,24)(H,21,22). The van der Waals surface area contributed by atoms with Crippen molar-refractivity contribution in [3.63, 3.8) is 0 Å². The van der Waals surface area contributed by atoms with Crippen LogP contribution < -0.4 is 5.32 Å². The average molecular weight is 398 g/mol. The molecule has 0 unspecified atom stereocenters. The number of carbonyl (C=O) groups is 1. The first-order chi connectivity index (χ1) is 12.1. The molecule has 2 heterocycles. The number of hydrogen-bond donors (Lipinski definition) is 3. The fourth-order valence-electron chi connectivity index (χ4n) is 2.52. The Bertz CT molecular complexity index is 1070. The van der Waals surface area contributed by atoms with Gasteiger partial charge in [-0.1, -0.05) is 22.0 Å². The Labute approximate surface area is 150 Å². The zero-order valence-corrected chi connectivity index (χ0v) is 14.4. The van der Waals surface area contributed by atoms with Crippen LogP contribution in [-0.4, -0.2) is 21.0 Å². The second kappa shape index (κ2) is 6.10. The van der Waals surface area contributed by atoms with Gasteiger partial charge in [0.25, 0.3) is 11.9 Å². The highest BCUT2D eigenvalue weighted by Crippen LogP contribution is 2.27. The minimum Gasteiger partial charge on any atom is -0.481 e. The molecule has 0 spiro atoms. The summed E-state index contributed by atoms with van der Waals surface area (Å²) in [6, 6.07) is 15.7. The predicted molar refractivity (Wildman–Crippen MR) is 97.6 cm³/mol. The van der Waals surface area contributed by atoms with Crippen molar-refractivity contribution >= 4 is 38.6 Å². The Balaban J connectivity index is 1.70. The molecule has 0 aliphatic heterocycles. The highest BCUT2D eigenvalue weighted by atomic mass is 79.9. The van der Waals surface area contributed by atoms with Crippen molar-refractivity contribution < 1.29 is 14.3 Å². The monoisotopic (exact) mass is 397 g/mol. The summed E-state index contributed by atoms with van der Waals surface area (Å²) < 4.78 is 6.10. The molecule has 25 heavy (non-hydrogen) atoms. The molecule has 0 radical (unpaired) electrons. The van der Waals surface area contributed by atoms with Crippen molar-refractivity contribution in [1.82, 2.24) is 9.97 Å². The Hall–Kier alpha value is -3.06. The summed E-state index contributed by atoms with van der Waals surface area (Å²) >= 11 is 3.36. The van der Waals surface area contributed by atoms with E-state index in [4.69, 9.17) is 4.42 Å². The number of nitrogens with one attached hydrogen (secondary N) is 2. The number of hydrogen-bond acceptors (Lipinski definition) is 4. The zero-order valence-electron chi connectivity index (χ0n) is 12.8. The van der Waals surface area contributed by atoms with Gasteiger partial charge in [-0.15, -0.1) is 0 Å². The van der Waals surface area contributed by atoms with Crippen LogP contribution in [0, 0.1) is 0 Å². The van der Waals surface area contributed by atoms with E-state index in [1.165, 1.54) is 6.07 Å². The minimum absolute atomic E-state index is 0.191. The molecule has 4 rings (SSSR count). The highest BCUT2D eigenvalue weighted by Gasteiger charge is 2.16. The van der Waals surface area contributed by atoms with E-state index in [1.807, 2.05) is 30.3 Å². The lowest BCUT2D eigenvalue weighted by Gasteiger charge is -2.05. The van der Waals surface area contributed by atoms with E-state index in [-0.39, 0.29) is 11.9 Å². The molecule has 0 fully saturated rings. The molecule has 6 nitrogen and oxygen atoms in total. The number of halogens is 1. The number of nitrogens with zero attached hydrogens (tertiary/aromatic N) is 1. The number of benzene rings is 2. The maximum Gasteiger partial charge on any atom is 0.282 e. The molecule has 2 aromatic heterocycles. The van der Waals surface area contributed by atoms with Crippen LogP contribution in [0.2, 0.25) is 0 Å². The lowest BCUT2D eigenvalue weighted by molar-refractivity contribution is 0.102. The van der Waals surface area contributed by atoms with E-state index >= 15 is 0 Å². The molecule has 1 amide bonds. The number of carbonyl (C=O) groups excluding carboxylic acids is 1. The fourth-order valence-corrected chi connectivity index (χ4v) is 2.78. The van der Waals surface area contributed by atoms with Crippen molar-refractivity contribution in [2.24, 2.45) is 0 Å². The van der Waals surface area contributed by atoms with E-state index in [0.29, 0.717) is 33.9 Å². The maximum atomic E-state index is 12.6. The summed E-state index contributed by atoms with van der Waals surface area (Å²) in [5.41, 5.74) is 2.37. The number of anilines is 1. The first-order valence-electron chi connectivity index (χ1n) is 7.45. The number of amides is 1. The number of aromatic nitrogens is 2. The average Bonchev–Trinajstić information content (AvgIpc) is 3.22. The van der Waals surface area contributed by atoms with Crippen LogP contribution >= 0.6 is 15.9 Å². The van der Waals surface area contributed by atoms with Gasteiger partial charge < -0.3 is 19.8 Å². The molecule has 3 N–H and O–H groups in total. The SMILES string of the molecule is O=C(Nc1ccc(Br)cc1)c1cccc2[nH]c(-c3ccc(O)o3)nc12. The molecule has 0 atom stereocenters. The third-order valence-corrected chi connectivity index (χ3v) is 4.21. The third kappa shape index (κ3) is 3.01. The quantitative estimate of drug-likeness (QED) is 0.473. The van der Waals surface area contributed by atoms with Crippen molar-refractivity contribution in [3.05, 3.63) is 64.6 Å². The molecular formula is C18H12BrN3O3. The largest absolute Gasteiger partial charge is 0.481 e. The van der Waals surface area contributed by atoms with Crippen LogP contribution in [-0.2, 0) is 0 Å². The van der Waals surface area contributed by atoms with Gasteiger partial charge in [0.15, 0.2) is 11.6 Å². The molecule has 4 aromatic rings. The van der Waals surface area contributed by atoms with Crippen LogP contribution in [0.25, 0.3) is 22.6 Å². The van der Waals surface area contributed by atoms with Gasteiger partial charge in [-0.2, -0.15) is 0 Å². The number of rotatable bonds is 3. The second-order valence-corrected chi connectivity index (χ2v) is 6.30. The van der Waals surface area contributed by atoms with Gasteiger partial charge in [-0.3, -0.25) is 4.79 Å². The first kappa shape index (κ1) is 15.5. The number of para-hydroxylation sites is 1. The van der Waals surface area contributed by atoms with Crippen LogP contribution in [0.5, 0.6) is 5.95 Å². The molecule has 0 saturated carbocycles. The number of aromatic hydroxyl groups is 1. The van der Waals surface area contributed by atoms with Crippen LogP contribution in [0.4, 0.5) is 5.69 Å². The lowest BCUT2D eigenvalue weighted by Crippen LogP contribution is -2.12. The van der Waals surface area contributed by atoms with Gasteiger partial charge >= 0.3 is 0 Å². The first-order valence-corrected chi connectivity index (χ1v) is 8.24. The van der Waals surface area contributed by atoms with Crippen LogP contribution in [0.15, 0.2) is 63.5 Å². The number of fused-ring (bicyclic) bond motifs is 1. The van der Waals surface area contributed by atoms with Crippen LogP contribution in [0.3, 0.4) is 0 Å². The van der Waals surface area contributed by atoms with Gasteiger partial charge in [0.05, 0.1) is 11.1 Å². The Morgan fingerprint density at radius 3 is 2.64 bits per heavy atom. The van der Waals surface area contributed by atoms with Gasteiger partial charge in [-0.25, -0.2) is 4.98 Å². The summed E-state index contributed by atoms with van der Waals surface area (Å²) in [4.78, 5) is 20.2. The minimum atomic E-state index is -0.256. The fraction of sp³-hybridized carbons (Fsp3) is 0. The lowest BCUT2D eigenvalue weighted by atomic mass is 10.1. The molecule has 0 aliphatic rings. The van der Waals surface area contributed by atoms with E-state index < -0.39 is 0 Å². The smallest absolute Gasteiger partial charge is 0.282 e. The van der Waals surface area contributed by atoms with Crippen molar-refractivity contribution in [2.45, 2.75) is 0 Å². The number of aromatic amines is 1. The molecule has 0 bridgehead atoms. The normalized spacial score (nSPS) is 10.9. The highest BCUT2D eigenvalue weighted by molar-refractivity contribution is 9.10. The molecule has 124 valence electrons. The number of furan rings is 1. The van der Waals surface area contributed by atoms with E-state index in [2.05, 4.69) is 31.2 Å². The molecule has 7 heteroatoms. The maximum absolute atomic E-state index is 12.6. The Morgan fingerprint density at radius 2 is 1.92 bits per heavy atom. The number of H-pyrrole nitrogens is 1. The summed E-state index contributed by atoms with van der Waals surface area (Å²) in [6.07, 6.45) is 0. The molecule has 0 saturated heterocycles. The zero-order chi connectivity index (χ0) is 17.4. The van der Waals surface area contributed by atoms with Gasteiger partial charge in [0.2, 0.25) is 0 Å². The summed E-state index contributed by atoms with van der Waals surface area (Å²) in [5, 5.41) is 12.2. The van der Waals surface area contributed by atoms with Crippen molar-refractivity contribution in [2.75, 3.05) is 5.32 Å². The third-order valence-electron chi connectivity index (χ3n) is 3.68. The summed E-state index contributed by atoms with van der Waals surface area (Å²) in [5.74, 6) is 0.393. The summed E-state index contributed by atoms with van der Waals surface area (Å²) in [6.45, 7) is 0. The molecular weight excluding hydrogens is 386 g/mol. The van der Waals surface area contributed by atoms with Crippen LogP contribution in [0.1, 0.15) is 10.4 Å². The van der Waals surface area contributed by atoms with E-state index in [9.17, 15) is 9.90 Å². The van der Waals surface area contributed by atoms with Gasteiger partial charge in [0.1, 0.15) is 5.52 Å². The molecule has 2 aromatic carbocycles. The van der Waals surface area contributed by atoms with Gasteiger partial charge in [0, 0.05) is 16.2 Å². The predicted octanol–water partition coefficient (Wildman–Crippen LogP) is 4.54.